The molecule has 17 heavy (non-hydrogen) atoms. The van der Waals surface area contributed by atoms with E-state index in [4.69, 9.17) is 0 Å². The van der Waals surface area contributed by atoms with E-state index in [0.717, 1.165) is 19.6 Å². The molecule has 0 aliphatic carbocycles. The van der Waals surface area contributed by atoms with Crippen LogP contribution in [0.3, 0.4) is 0 Å². The van der Waals surface area contributed by atoms with Crippen LogP contribution in [-0.2, 0) is 0 Å². The highest BCUT2D eigenvalue weighted by Crippen LogP contribution is 2.16. The van der Waals surface area contributed by atoms with Crippen molar-refractivity contribution in [3.8, 4) is 0 Å². The third-order valence-electron chi connectivity index (χ3n) is 2.77. The Morgan fingerprint density at radius 3 is 2.29 bits per heavy atom. The number of nitrogens with zero attached hydrogens (tertiary/aromatic N) is 1. The van der Waals surface area contributed by atoms with Crippen LogP contribution < -0.4 is 10.2 Å². The summed E-state index contributed by atoms with van der Waals surface area (Å²) in [4.78, 5) is 2.45. The van der Waals surface area contributed by atoms with Crippen LogP contribution in [-0.4, -0.2) is 31.2 Å². The maximum atomic E-state index is 3.45. The first-order valence-corrected chi connectivity index (χ1v) is 5.31. The van der Waals surface area contributed by atoms with Gasteiger partial charge in [0.05, 0.1) is 0 Å². The lowest BCUT2D eigenvalue weighted by molar-refractivity contribution is 0.485. The second-order valence-corrected chi connectivity index (χ2v) is 4.14. The van der Waals surface area contributed by atoms with Crippen molar-refractivity contribution in [2.24, 2.45) is 0 Å². The maximum absolute atomic E-state index is 3.45. The van der Waals surface area contributed by atoms with Crippen molar-refractivity contribution in [3.63, 3.8) is 0 Å². The van der Waals surface area contributed by atoms with Gasteiger partial charge in [-0.1, -0.05) is 17.7 Å². The fraction of sp³-hybridized carbons (Fsp3) is 0.500. The topological polar surface area (TPSA) is 46.8 Å². The van der Waals surface area contributed by atoms with Crippen LogP contribution >= 0.6 is 24.8 Å². The predicted molar refractivity (Wildman–Crippen MR) is 79.0 cm³/mol. The van der Waals surface area contributed by atoms with Crippen molar-refractivity contribution in [3.05, 3.63) is 29.8 Å². The summed E-state index contributed by atoms with van der Waals surface area (Å²) in [5.41, 5.74) is 2.68. The molecule has 1 aliphatic heterocycles. The van der Waals surface area contributed by atoms with Crippen molar-refractivity contribution in [1.82, 2.24) is 5.32 Å². The molecule has 1 aliphatic rings. The van der Waals surface area contributed by atoms with Crippen molar-refractivity contribution >= 4 is 30.5 Å². The van der Waals surface area contributed by atoms with Gasteiger partial charge in [0, 0.05) is 31.4 Å². The molecule has 1 aromatic rings. The van der Waals surface area contributed by atoms with Gasteiger partial charge in [-0.3, -0.25) is 0 Å². The summed E-state index contributed by atoms with van der Waals surface area (Å²) < 4.78 is 0. The van der Waals surface area contributed by atoms with Gasteiger partial charge in [0.1, 0.15) is 0 Å². The van der Waals surface area contributed by atoms with Crippen molar-refractivity contribution < 1.29 is 5.48 Å². The first kappa shape index (κ1) is 18.9. The molecular formula is C12H22Cl2N2O. The molecule has 5 heteroatoms. The Bertz CT molecular complexity index is 306. The standard InChI is InChI=1S/C12H18N2.2ClH.H2O/c1-10-3-5-12(6-4-10)14-8-7-13-11(2)9-14;;;/h3-6,11,13H,7-9H2,1-2H3;2*1H;1H2. The third-order valence-corrected chi connectivity index (χ3v) is 2.77. The van der Waals surface area contributed by atoms with E-state index in [0.29, 0.717) is 6.04 Å². The summed E-state index contributed by atoms with van der Waals surface area (Å²) in [6.07, 6.45) is 0. The molecule has 1 atom stereocenters. The van der Waals surface area contributed by atoms with Gasteiger partial charge >= 0.3 is 0 Å². The fourth-order valence-corrected chi connectivity index (χ4v) is 1.92. The quantitative estimate of drug-likeness (QED) is 0.853. The Morgan fingerprint density at radius 2 is 1.76 bits per heavy atom. The van der Waals surface area contributed by atoms with Crippen LogP contribution in [0, 0.1) is 6.92 Å². The lowest BCUT2D eigenvalue weighted by Crippen LogP contribution is -2.49. The molecule has 1 saturated heterocycles. The van der Waals surface area contributed by atoms with E-state index in [1.807, 2.05) is 0 Å². The molecule has 1 fully saturated rings. The number of hydrogen-bond acceptors (Lipinski definition) is 2. The van der Waals surface area contributed by atoms with Crippen molar-refractivity contribution in [2.75, 3.05) is 24.5 Å². The summed E-state index contributed by atoms with van der Waals surface area (Å²) in [6.45, 7) is 7.69. The second kappa shape index (κ2) is 8.59. The van der Waals surface area contributed by atoms with Gasteiger partial charge in [-0.25, -0.2) is 0 Å². The van der Waals surface area contributed by atoms with Crippen LogP contribution in [0.15, 0.2) is 24.3 Å². The molecule has 100 valence electrons. The number of anilines is 1. The molecule has 0 bridgehead atoms. The van der Waals surface area contributed by atoms with Crippen LogP contribution in [0.5, 0.6) is 0 Å². The number of piperazine rings is 1. The SMILES string of the molecule is Cc1ccc(N2CCNC(C)C2)cc1.Cl.Cl.O. The maximum Gasteiger partial charge on any atom is 0.0367 e. The number of hydrogen-bond donors (Lipinski definition) is 1. The van der Waals surface area contributed by atoms with E-state index >= 15 is 0 Å². The van der Waals surface area contributed by atoms with Crippen LogP contribution in [0.2, 0.25) is 0 Å². The second-order valence-electron chi connectivity index (χ2n) is 4.14. The number of aryl methyl sites for hydroxylation is 1. The average molecular weight is 281 g/mol. The summed E-state index contributed by atoms with van der Waals surface area (Å²) in [5, 5.41) is 3.45. The lowest BCUT2D eigenvalue weighted by atomic mass is 10.1. The first-order chi connectivity index (χ1) is 6.75. The van der Waals surface area contributed by atoms with E-state index in [9.17, 15) is 0 Å². The van der Waals surface area contributed by atoms with E-state index in [1.54, 1.807) is 0 Å². The van der Waals surface area contributed by atoms with Gasteiger partial charge in [0.15, 0.2) is 0 Å². The Hall–Kier alpha value is -0.480. The summed E-state index contributed by atoms with van der Waals surface area (Å²) in [5.74, 6) is 0. The summed E-state index contributed by atoms with van der Waals surface area (Å²) in [7, 11) is 0. The molecule has 0 amide bonds. The van der Waals surface area contributed by atoms with Gasteiger partial charge in [-0.05, 0) is 26.0 Å². The van der Waals surface area contributed by atoms with E-state index in [2.05, 4.69) is 48.3 Å². The fourth-order valence-electron chi connectivity index (χ4n) is 1.92. The molecule has 1 heterocycles. The molecule has 3 N–H and O–H groups in total. The highest BCUT2D eigenvalue weighted by Gasteiger charge is 2.15. The number of rotatable bonds is 1. The van der Waals surface area contributed by atoms with Crippen molar-refractivity contribution in [1.29, 1.82) is 0 Å². The predicted octanol–water partition coefficient (Wildman–Crippen LogP) is 1.81. The largest absolute Gasteiger partial charge is 0.412 e. The number of benzene rings is 1. The van der Waals surface area contributed by atoms with Gasteiger partial charge in [0.25, 0.3) is 0 Å². The highest BCUT2D eigenvalue weighted by atomic mass is 35.5. The van der Waals surface area contributed by atoms with Gasteiger partial charge in [-0.15, -0.1) is 24.8 Å². The number of halogens is 2. The molecule has 0 saturated carbocycles. The zero-order valence-corrected chi connectivity index (χ0v) is 11.9. The van der Waals surface area contributed by atoms with E-state index < -0.39 is 0 Å². The molecule has 2 rings (SSSR count). The molecule has 1 aromatic carbocycles. The minimum atomic E-state index is 0. The van der Waals surface area contributed by atoms with E-state index in [-0.39, 0.29) is 30.3 Å². The van der Waals surface area contributed by atoms with Gasteiger partial charge < -0.3 is 15.7 Å². The van der Waals surface area contributed by atoms with Crippen LogP contribution in [0.1, 0.15) is 12.5 Å². The lowest BCUT2D eigenvalue weighted by Gasteiger charge is -2.33. The van der Waals surface area contributed by atoms with Gasteiger partial charge in [-0.2, -0.15) is 0 Å². The Labute approximate surface area is 116 Å². The van der Waals surface area contributed by atoms with Crippen LogP contribution in [0.4, 0.5) is 5.69 Å². The normalized spacial score (nSPS) is 18.5. The molecule has 0 spiro atoms. The smallest absolute Gasteiger partial charge is 0.0367 e. The Kier molecular flexibility index (Phi) is 9.53. The monoisotopic (exact) mass is 280 g/mol. The Balaban J connectivity index is 0. The number of nitrogens with one attached hydrogen (secondary N) is 1. The van der Waals surface area contributed by atoms with Crippen molar-refractivity contribution in [2.45, 2.75) is 19.9 Å². The molecule has 1 unspecified atom stereocenters. The zero-order chi connectivity index (χ0) is 9.97. The molecule has 3 nitrogen and oxygen atoms in total. The first-order valence-electron chi connectivity index (χ1n) is 5.31. The van der Waals surface area contributed by atoms with E-state index in [1.165, 1.54) is 11.3 Å². The minimum Gasteiger partial charge on any atom is -0.412 e. The summed E-state index contributed by atoms with van der Waals surface area (Å²) >= 11 is 0. The van der Waals surface area contributed by atoms with Crippen LogP contribution in [0.25, 0.3) is 0 Å². The highest BCUT2D eigenvalue weighted by molar-refractivity contribution is 5.85. The van der Waals surface area contributed by atoms with Gasteiger partial charge in [0.2, 0.25) is 0 Å². The molecular weight excluding hydrogens is 259 g/mol. The molecule has 0 radical (unpaired) electrons. The minimum absolute atomic E-state index is 0. The third kappa shape index (κ3) is 5.13. The molecule has 0 aromatic heterocycles. The zero-order valence-electron chi connectivity index (χ0n) is 10.3. The summed E-state index contributed by atoms with van der Waals surface area (Å²) in [6, 6.07) is 9.40. The average Bonchev–Trinajstić information content (AvgIpc) is 2.19. The Morgan fingerprint density at radius 1 is 1.18 bits per heavy atom.